The zero-order chi connectivity index (χ0) is 19.6. The Morgan fingerprint density at radius 2 is 2.04 bits per heavy atom. The maximum Gasteiger partial charge on any atom is 0.363 e. The summed E-state index contributed by atoms with van der Waals surface area (Å²) in [5.74, 6) is -0.198. The highest BCUT2D eigenvalue weighted by Crippen LogP contribution is 2.35. The van der Waals surface area contributed by atoms with Gasteiger partial charge in [0.2, 0.25) is 5.90 Å². The van der Waals surface area contributed by atoms with Crippen LogP contribution in [-0.2, 0) is 14.3 Å². The predicted octanol–water partition coefficient (Wildman–Crippen LogP) is 4.22. The molecule has 0 saturated heterocycles. The van der Waals surface area contributed by atoms with Crippen LogP contribution < -0.4 is 9.47 Å². The molecular formula is C19H13ClINO5. The highest BCUT2D eigenvalue weighted by molar-refractivity contribution is 14.1. The van der Waals surface area contributed by atoms with Crippen molar-refractivity contribution in [2.24, 2.45) is 4.99 Å². The lowest BCUT2D eigenvalue weighted by atomic mass is 10.1. The number of benzene rings is 2. The lowest BCUT2D eigenvalue weighted by Gasteiger charge is -2.11. The monoisotopic (exact) mass is 497 g/mol. The molecule has 2 aromatic carbocycles. The first-order valence-electron chi connectivity index (χ1n) is 7.72. The molecule has 0 unspecified atom stereocenters. The number of carbonyl (C=O) groups excluding carboxylic acids is 2. The van der Waals surface area contributed by atoms with E-state index in [2.05, 4.69) is 4.99 Å². The summed E-state index contributed by atoms with van der Waals surface area (Å²) in [6.07, 6.45) is 1.56. The summed E-state index contributed by atoms with van der Waals surface area (Å²) in [6, 6.07) is 10.3. The Balaban J connectivity index is 1.99. The number of hydrogen-bond acceptors (Lipinski definition) is 6. The Kier molecular flexibility index (Phi) is 5.81. The molecule has 0 radical (unpaired) electrons. The molecule has 8 heteroatoms. The van der Waals surface area contributed by atoms with Crippen LogP contribution in [0.5, 0.6) is 11.5 Å². The van der Waals surface area contributed by atoms with Gasteiger partial charge in [-0.05, 0) is 58.5 Å². The van der Waals surface area contributed by atoms with Gasteiger partial charge in [0, 0.05) is 6.92 Å². The molecule has 2 aromatic rings. The molecular weight excluding hydrogens is 485 g/mol. The number of carbonyl (C=O) groups is 2. The van der Waals surface area contributed by atoms with Gasteiger partial charge in [-0.1, -0.05) is 23.7 Å². The summed E-state index contributed by atoms with van der Waals surface area (Å²) < 4.78 is 16.3. The van der Waals surface area contributed by atoms with Crippen molar-refractivity contribution in [1.29, 1.82) is 0 Å². The second-order valence-corrected chi connectivity index (χ2v) is 7.01. The largest absolute Gasteiger partial charge is 0.493 e. The zero-order valence-corrected chi connectivity index (χ0v) is 17.2. The smallest absolute Gasteiger partial charge is 0.363 e. The van der Waals surface area contributed by atoms with E-state index in [0.29, 0.717) is 31.2 Å². The van der Waals surface area contributed by atoms with Gasteiger partial charge in [-0.25, -0.2) is 9.79 Å². The summed E-state index contributed by atoms with van der Waals surface area (Å²) in [4.78, 5) is 27.7. The highest BCUT2D eigenvalue weighted by atomic mass is 127. The zero-order valence-electron chi connectivity index (χ0n) is 14.3. The van der Waals surface area contributed by atoms with E-state index in [-0.39, 0.29) is 11.6 Å². The number of hydrogen-bond donors (Lipinski definition) is 0. The average molecular weight is 498 g/mol. The first kappa shape index (κ1) is 19.4. The minimum absolute atomic E-state index is 0.128. The molecule has 1 aliphatic rings. The number of methoxy groups -OCH3 is 1. The lowest BCUT2D eigenvalue weighted by Crippen LogP contribution is -2.06. The molecule has 0 N–H and O–H groups in total. The van der Waals surface area contributed by atoms with Crippen LogP contribution in [0.3, 0.4) is 0 Å². The normalized spacial score (nSPS) is 14.7. The van der Waals surface area contributed by atoms with E-state index in [1.165, 1.54) is 14.0 Å². The van der Waals surface area contributed by atoms with Crippen molar-refractivity contribution < 1.29 is 23.8 Å². The molecule has 0 bridgehead atoms. The van der Waals surface area contributed by atoms with E-state index in [1.54, 1.807) is 42.5 Å². The quantitative estimate of drug-likeness (QED) is 0.274. The second kappa shape index (κ2) is 8.10. The number of cyclic esters (lactones) is 1. The maximum atomic E-state index is 12.2. The number of nitrogens with zero attached hydrogens (tertiary/aromatic N) is 1. The van der Waals surface area contributed by atoms with Crippen LogP contribution in [0.25, 0.3) is 6.08 Å². The fraction of sp³-hybridized carbons (Fsp3) is 0.105. The Morgan fingerprint density at radius 3 is 2.70 bits per heavy atom. The van der Waals surface area contributed by atoms with Crippen LogP contribution in [0.1, 0.15) is 18.1 Å². The minimum atomic E-state index is -0.581. The number of esters is 2. The van der Waals surface area contributed by atoms with Gasteiger partial charge in [0.05, 0.1) is 21.3 Å². The molecule has 3 rings (SSSR count). The van der Waals surface area contributed by atoms with Crippen molar-refractivity contribution in [1.82, 2.24) is 0 Å². The van der Waals surface area contributed by atoms with Crippen LogP contribution >= 0.6 is 34.2 Å². The molecule has 0 atom stereocenters. The molecule has 138 valence electrons. The van der Waals surface area contributed by atoms with Gasteiger partial charge in [0.25, 0.3) is 0 Å². The molecule has 0 aromatic heterocycles. The van der Waals surface area contributed by atoms with Crippen molar-refractivity contribution in [3.63, 3.8) is 0 Å². The van der Waals surface area contributed by atoms with Gasteiger partial charge in [-0.2, -0.15) is 0 Å². The fourth-order valence-corrected chi connectivity index (χ4v) is 3.33. The summed E-state index contributed by atoms with van der Waals surface area (Å²) in [6.45, 7) is 1.31. The average Bonchev–Trinajstić information content (AvgIpc) is 2.97. The molecule has 6 nitrogen and oxygen atoms in total. The SMILES string of the molecule is COc1cc(/C=C2\N=C(c3ccccc3Cl)OC2=O)cc(I)c1OC(C)=O. The van der Waals surface area contributed by atoms with Crippen molar-refractivity contribution in [2.75, 3.05) is 7.11 Å². The summed E-state index contributed by atoms with van der Waals surface area (Å²) in [5, 5.41) is 0.437. The van der Waals surface area contributed by atoms with Crippen LogP contribution in [0, 0.1) is 3.57 Å². The van der Waals surface area contributed by atoms with Crippen molar-refractivity contribution in [3.8, 4) is 11.5 Å². The second-order valence-electron chi connectivity index (χ2n) is 5.44. The standard InChI is InChI=1S/C19H13ClINO5/c1-10(23)26-17-14(21)7-11(9-16(17)25-2)8-15-19(24)27-18(22-15)12-5-3-4-6-13(12)20/h3-9H,1-2H3/b15-8-. The summed E-state index contributed by atoms with van der Waals surface area (Å²) in [7, 11) is 1.47. The topological polar surface area (TPSA) is 74.2 Å². The van der Waals surface area contributed by atoms with Gasteiger partial charge < -0.3 is 14.2 Å². The van der Waals surface area contributed by atoms with Gasteiger partial charge in [0.15, 0.2) is 17.2 Å². The third-order valence-corrected chi connectivity index (χ3v) is 4.66. The molecule has 1 heterocycles. The maximum absolute atomic E-state index is 12.2. The Bertz CT molecular complexity index is 1000. The van der Waals surface area contributed by atoms with Gasteiger partial charge in [-0.15, -0.1) is 0 Å². The first-order chi connectivity index (χ1) is 12.9. The molecule has 27 heavy (non-hydrogen) atoms. The molecule has 0 aliphatic carbocycles. The van der Waals surface area contributed by atoms with Crippen LogP contribution in [-0.4, -0.2) is 24.9 Å². The van der Waals surface area contributed by atoms with Crippen molar-refractivity contribution >= 4 is 58.1 Å². The summed E-state index contributed by atoms with van der Waals surface area (Å²) >= 11 is 8.15. The summed E-state index contributed by atoms with van der Waals surface area (Å²) in [5.41, 5.74) is 1.31. The van der Waals surface area contributed by atoms with Gasteiger partial charge in [0.1, 0.15) is 0 Å². The molecule has 0 spiro atoms. The number of aliphatic imine (C=N–C) groups is 1. The number of ether oxygens (including phenoxy) is 3. The van der Waals surface area contributed by atoms with E-state index in [4.69, 9.17) is 25.8 Å². The number of halogens is 2. The van der Waals surface area contributed by atoms with Crippen LogP contribution in [0.4, 0.5) is 0 Å². The van der Waals surface area contributed by atoms with E-state index in [0.717, 1.165) is 0 Å². The van der Waals surface area contributed by atoms with E-state index < -0.39 is 11.9 Å². The molecule has 0 amide bonds. The first-order valence-corrected chi connectivity index (χ1v) is 9.18. The van der Waals surface area contributed by atoms with Crippen molar-refractivity contribution in [3.05, 3.63) is 61.8 Å². The third kappa shape index (κ3) is 4.30. The Labute approximate surface area is 173 Å². The van der Waals surface area contributed by atoms with Crippen LogP contribution in [0.15, 0.2) is 47.1 Å². The van der Waals surface area contributed by atoms with Crippen molar-refractivity contribution in [2.45, 2.75) is 6.92 Å². The van der Waals surface area contributed by atoms with Gasteiger partial charge >= 0.3 is 11.9 Å². The highest BCUT2D eigenvalue weighted by Gasteiger charge is 2.25. The Hall–Kier alpha value is -2.39. The third-order valence-electron chi connectivity index (χ3n) is 3.53. The molecule has 1 aliphatic heterocycles. The minimum Gasteiger partial charge on any atom is -0.493 e. The molecule has 0 fully saturated rings. The predicted molar refractivity (Wildman–Crippen MR) is 109 cm³/mol. The van der Waals surface area contributed by atoms with Gasteiger partial charge in [-0.3, -0.25) is 4.79 Å². The lowest BCUT2D eigenvalue weighted by molar-refractivity contribution is -0.132. The fourth-order valence-electron chi connectivity index (χ4n) is 2.38. The van der Waals surface area contributed by atoms with E-state index in [9.17, 15) is 9.59 Å². The number of rotatable bonds is 4. The molecule has 0 saturated carbocycles. The van der Waals surface area contributed by atoms with E-state index in [1.807, 2.05) is 22.6 Å². The Morgan fingerprint density at radius 1 is 1.30 bits per heavy atom. The van der Waals surface area contributed by atoms with Crippen LogP contribution in [0.2, 0.25) is 5.02 Å². The van der Waals surface area contributed by atoms with E-state index >= 15 is 0 Å².